The van der Waals surface area contributed by atoms with Crippen molar-refractivity contribution in [3.05, 3.63) is 39.4 Å². The van der Waals surface area contributed by atoms with Crippen LogP contribution in [0, 0.1) is 17.0 Å². The van der Waals surface area contributed by atoms with Crippen LogP contribution in [0.15, 0.2) is 18.2 Å². The van der Waals surface area contributed by atoms with Gasteiger partial charge in [0.05, 0.1) is 4.92 Å². The Labute approximate surface area is 100.0 Å². The number of amides is 1. The van der Waals surface area contributed by atoms with Gasteiger partial charge >= 0.3 is 0 Å². The molecular weight excluding hydrogens is 220 g/mol. The maximum atomic E-state index is 11.8. The van der Waals surface area contributed by atoms with E-state index in [0.29, 0.717) is 11.1 Å². The molecule has 0 aliphatic heterocycles. The van der Waals surface area contributed by atoms with Gasteiger partial charge in [0, 0.05) is 23.2 Å². The zero-order chi connectivity index (χ0) is 13.0. The largest absolute Gasteiger partial charge is 0.350 e. The van der Waals surface area contributed by atoms with Crippen molar-refractivity contribution in [1.29, 1.82) is 0 Å². The third-order valence-corrected chi connectivity index (χ3v) is 2.65. The first-order valence-corrected chi connectivity index (χ1v) is 5.51. The van der Waals surface area contributed by atoms with E-state index in [9.17, 15) is 14.9 Å². The third kappa shape index (κ3) is 3.27. The monoisotopic (exact) mass is 236 g/mol. The summed E-state index contributed by atoms with van der Waals surface area (Å²) in [6.45, 7) is 5.51. The third-order valence-electron chi connectivity index (χ3n) is 2.65. The molecule has 0 spiro atoms. The second-order valence-corrected chi connectivity index (χ2v) is 4.04. The molecule has 0 bridgehead atoms. The molecule has 0 aliphatic rings. The summed E-state index contributed by atoms with van der Waals surface area (Å²) in [4.78, 5) is 21.9. The number of carbonyl (C=O) groups excluding carboxylic acids is 1. The van der Waals surface area contributed by atoms with Crippen molar-refractivity contribution in [2.24, 2.45) is 0 Å². The van der Waals surface area contributed by atoms with Crippen molar-refractivity contribution < 1.29 is 9.72 Å². The average Bonchev–Trinajstić information content (AvgIpc) is 2.28. The Bertz CT molecular complexity index is 443. The van der Waals surface area contributed by atoms with Crippen LogP contribution in [0.2, 0.25) is 0 Å². The zero-order valence-corrected chi connectivity index (χ0v) is 10.2. The molecule has 5 heteroatoms. The minimum Gasteiger partial charge on any atom is -0.350 e. The van der Waals surface area contributed by atoms with Gasteiger partial charge in [0.2, 0.25) is 0 Å². The molecular formula is C12H16N2O3. The first kappa shape index (κ1) is 13.2. The molecule has 1 aromatic rings. The lowest BCUT2D eigenvalue weighted by Gasteiger charge is -2.11. The smallest absolute Gasteiger partial charge is 0.272 e. The van der Waals surface area contributed by atoms with Crippen LogP contribution in [0.25, 0.3) is 0 Å². The Hall–Kier alpha value is -1.91. The minimum atomic E-state index is -0.453. The molecule has 0 heterocycles. The Kier molecular flexibility index (Phi) is 4.20. The van der Waals surface area contributed by atoms with Crippen molar-refractivity contribution in [1.82, 2.24) is 5.32 Å². The summed E-state index contributed by atoms with van der Waals surface area (Å²) in [5.74, 6) is -0.197. The second-order valence-electron chi connectivity index (χ2n) is 4.04. The van der Waals surface area contributed by atoms with Crippen LogP contribution in [0.4, 0.5) is 5.69 Å². The van der Waals surface area contributed by atoms with E-state index < -0.39 is 4.92 Å². The van der Waals surface area contributed by atoms with Gasteiger partial charge in [-0.05, 0) is 32.4 Å². The molecule has 1 unspecified atom stereocenters. The summed E-state index contributed by atoms with van der Waals surface area (Å²) in [5.41, 5.74) is 0.977. The van der Waals surface area contributed by atoms with E-state index in [0.717, 1.165) is 6.42 Å². The molecule has 1 rings (SSSR count). The van der Waals surface area contributed by atoms with Gasteiger partial charge in [0.1, 0.15) is 0 Å². The zero-order valence-electron chi connectivity index (χ0n) is 10.2. The summed E-state index contributed by atoms with van der Waals surface area (Å²) in [7, 11) is 0. The molecule has 5 nitrogen and oxygen atoms in total. The molecule has 0 radical (unpaired) electrons. The molecule has 0 saturated heterocycles. The lowest BCUT2D eigenvalue weighted by molar-refractivity contribution is -0.385. The number of hydrogen-bond donors (Lipinski definition) is 1. The summed E-state index contributed by atoms with van der Waals surface area (Å²) in [6, 6.07) is 4.47. The van der Waals surface area contributed by atoms with Gasteiger partial charge in [-0.3, -0.25) is 14.9 Å². The van der Waals surface area contributed by atoms with Crippen LogP contribution in [-0.2, 0) is 0 Å². The molecule has 17 heavy (non-hydrogen) atoms. The van der Waals surface area contributed by atoms with Crippen molar-refractivity contribution in [3.63, 3.8) is 0 Å². The molecule has 0 fully saturated rings. The highest BCUT2D eigenvalue weighted by Crippen LogP contribution is 2.18. The Balaban J connectivity index is 2.90. The lowest BCUT2D eigenvalue weighted by Crippen LogP contribution is -2.31. The van der Waals surface area contributed by atoms with E-state index >= 15 is 0 Å². The van der Waals surface area contributed by atoms with Crippen LogP contribution in [0.5, 0.6) is 0 Å². The van der Waals surface area contributed by atoms with E-state index in [2.05, 4.69) is 5.32 Å². The average molecular weight is 236 g/mol. The maximum Gasteiger partial charge on any atom is 0.272 e. The van der Waals surface area contributed by atoms with Crippen LogP contribution in [0.1, 0.15) is 36.2 Å². The molecule has 1 N–H and O–H groups in total. The molecule has 0 aromatic heterocycles. The van der Waals surface area contributed by atoms with Gasteiger partial charge in [0.25, 0.3) is 11.6 Å². The Morgan fingerprint density at radius 2 is 2.18 bits per heavy atom. The summed E-state index contributed by atoms with van der Waals surface area (Å²) in [6.07, 6.45) is 0.845. The van der Waals surface area contributed by atoms with Gasteiger partial charge in [-0.15, -0.1) is 0 Å². The van der Waals surface area contributed by atoms with Gasteiger partial charge in [-0.25, -0.2) is 0 Å². The van der Waals surface area contributed by atoms with Gasteiger partial charge in [-0.2, -0.15) is 0 Å². The van der Waals surface area contributed by atoms with Crippen LogP contribution >= 0.6 is 0 Å². The number of carbonyl (C=O) groups is 1. The summed E-state index contributed by atoms with van der Waals surface area (Å²) < 4.78 is 0. The fourth-order valence-electron chi connectivity index (χ4n) is 1.41. The van der Waals surface area contributed by atoms with Gasteiger partial charge in [-0.1, -0.05) is 6.92 Å². The highest BCUT2D eigenvalue weighted by Gasteiger charge is 2.14. The van der Waals surface area contributed by atoms with E-state index in [-0.39, 0.29) is 17.6 Å². The number of rotatable bonds is 4. The second kappa shape index (κ2) is 5.43. The quantitative estimate of drug-likeness (QED) is 0.644. The van der Waals surface area contributed by atoms with Gasteiger partial charge in [0.15, 0.2) is 0 Å². The van der Waals surface area contributed by atoms with Crippen molar-refractivity contribution in [2.75, 3.05) is 0 Å². The highest BCUT2D eigenvalue weighted by molar-refractivity contribution is 5.94. The van der Waals surface area contributed by atoms with Crippen molar-refractivity contribution >= 4 is 11.6 Å². The van der Waals surface area contributed by atoms with E-state index in [4.69, 9.17) is 0 Å². The number of nitrogens with zero attached hydrogens (tertiary/aromatic N) is 1. The number of nitrogens with one attached hydrogen (secondary N) is 1. The predicted octanol–water partition coefficient (Wildman–Crippen LogP) is 2.43. The number of aryl methyl sites for hydroxylation is 1. The SMILES string of the molecule is CCC(C)NC(=O)c1ccc([N+](=O)[O-])c(C)c1. The lowest BCUT2D eigenvalue weighted by atomic mass is 10.1. The standard InChI is InChI=1S/C12H16N2O3/c1-4-9(3)13-12(15)10-5-6-11(14(16)17)8(2)7-10/h5-7,9H,4H2,1-3H3,(H,13,15). The van der Waals surface area contributed by atoms with Crippen LogP contribution in [-0.4, -0.2) is 16.9 Å². The minimum absolute atomic E-state index is 0.0325. The van der Waals surface area contributed by atoms with Crippen molar-refractivity contribution in [2.45, 2.75) is 33.2 Å². The highest BCUT2D eigenvalue weighted by atomic mass is 16.6. The first-order chi connectivity index (χ1) is 7.95. The molecule has 1 atom stereocenters. The molecule has 1 aromatic carbocycles. The van der Waals surface area contributed by atoms with Crippen molar-refractivity contribution in [3.8, 4) is 0 Å². The Morgan fingerprint density at radius 3 is 2.65 bits per heavy atom. The predicted molar refractivity (Wildman–Crippen MR) is 65.1 cm³/mol. The fraction of sp³-hybridized carbons (Fsp3) is 0.417. The van der Waals surface area contributed by atoms with Crippen LogP contribution < -0.4 is 5.32 Å². The number of nitro benzene ring substituents is 1. The maximum absolute atomic E-state index is 11.8. The van der Waals surface area contributed by atoms with E-state index in [1.54, 1.807) is 6.92 Å². The molecule has 92 valence electrons. The van der Waals surface area contributed by atoms with E-state index in [1.807, 2.05) is 13.8 Å². The summed E-state index contributed by atoms with van der Waals surface area (Å²) in [5, 5.41) is 13.4. The summed E-state index contributed by atoms with van der Waals surface area (Å²) >= 11 is 0. The molecule has 1 amide bonds. The number of hydrogen-bond acceptors (Lipinski definition) is 3. The molecule has 0 aliphatic carbocycles. The topological polar surface area (TPSA) is 72.2 Å². The molecule has 0 saturated carbocycles. The number of nitro groups is 1. The van der Waals surface area contributed by atoms with Gasteiger partial charge < -0.3 is 5.32 Å². The fourth-order valence-corrected chi connectivity index (χ4v) is 1.41. The van der Waals surface area contributed by atoms with Crippen LogP contribution in [0.3, 0.4) is 0 Å². The Morgan fingerprint density at radius 1 is 1.53 bits per heavy atom. The first-order valence-electron chi connectivity index (χ1n) is 5.51. The normalized spacial score (nSPS) is 11.9. The van der Waals surface area contributed by atoms with E-state index in [1.165, 1.54) is 18.2 Å². The number of benzene rings is 1.